The van der Waals surface area contributed by atoms with Crippen molar-refractivity contribution in [1.82, 2.24) is 10.4 Å². The Balaban J connectivity index is 0.000000236. The first-order valence-corrected chi connectivity index (χ1v) is 2.82. The van der Waals surface area contributed by atoms with E-state index in [9.17, 15) is 4.79 Å². The number of hydrogen-bond donors (Lipinski definition) is 3. The van der Waals surface area contributed by atoms with Gasteiger partial charge < -0.3 is 4.98 Å². The van der Waals surface area contributed by atoms with Crippen LogP contribution in [0.3, 0.4) is 0 Å². The summed E-state index contributed by atoms with van der Waals surface area (Å²) in [6.07, 6.45) is 1.60. The maximum atomic E-state index is 10.2. The molecule has 0 aromatic carbocycles. The molecule has 4 heteroatoms. The standard InChI is InChI=1S/C5H5NO.CH6N2/c7-5-3-1-2-4-6-5;1-3-2/h1-4H,(H,6,7);3H,2H2,1H3. The van der Waals surface area contributed by atoms with Gasteiger partial charge in [-0.15, -0.1) is 0 Å². The second kappa shape index (κ2) is 6.00. The summed E-state index contributed by atoms with van der Waals surface area (Å²) in [5, 5.41) is 0. The van der Waals surface area contributed by atoms with Crippen molar-refractivity contribution < 1.29 is 0 Å². The molecule has 0 aliphatic carbocycles. The largest absolute Gasteiger partial charge is 0.329 e. The highest BCUT2D eigenvalue weighted by Gasteiger charge is 1.69. The third-order valence-corrected chi connectivity index (χ3v) is 0.681. The maximum Gasteiger partial charge on any atom is 0.247 e. The van der Waals surface area contributed by atoms with Gasteiger partial charge in [0.2, 0.25) is 5.56 Å². The van der Waals surface area contributed by atoms with Gasteiger partial charge in [0.1, 0.15) is 0 Å². The minimum Gasteiger partial charge on any atom is -0.329 e. The highest BCUT2D eigenvalue weighted by Crippen LogP contribution is 1.67. The van der Waals surface area contributed by atoms with Crippen LogP contribution in [0.1, 0.15) is 0 Å². The summed E-state index contributed by atoms with van der Waals surface area (Å²) in [4.78, 5) is 12.7. The quantitative estimate of drug-likeness (QED) is 0.335. The van der Waals surface area contributed by atoms with Gasteiger partial charge in [0.25, 0.3) is 0 Å². The zero-order valence-corrected chi connectivity index (χ0v) is 5.79. The van der Waals surface area contributed by atoms with Gasteiger partial charge in [-0.3, -0.25) is 16.1 Å². The van der Waals surface area contributed by atoms with Crippen LogP contribution in [0.4, 0.5) is 0 Å². The average molecular weight is 141 g/mol. The summed E-state index contributed by atoms with van der Waals surface area (Å²) in [6.45, 7) is 0. The van der Waals surface area contributed by atoms with E-state index in [4.69, 9.17) is 0 Å². The van der Waals surface area contributed by atoms with Crippen LogP contribution in [-0.2, 0) is 0 Å². The van der Waals surface area contributed by atoms with Gasteiger partial charge in [-0.1, -0.05) is 6.07 Å². The molecule has 0 unspecified atom stereocenters. The zero-order valence-electron chi connectivity index (χ0n) is 5.79. The van der Waals surface area contributed by atoms with E-state index in [0.29, 0.717) is 0 Å². The lowest BCUT2D eigenvalue weighted by molar-refractivity contribution is 0.900. The molecule has 0 radical (unpaired) electrons. The Morgan fingerprint density at radius 2 is 2.20 bits per heavy atom. The Bertz CT molecular complexity index is 191. The molecule has 10 heavy (non-hydrogen) atoms. The Morgan fingerprint density at radius 1 is 1.60 bits per heavy atom. The number of H-pyrrole nitrogens is 1. The van der Waals surface area contributed by atoms with E-state index in [-0.39, 0.29) is 5.56 Å². The van der Waals surface area contributed by atoms with E-state index in [1.807, 2.05) is 0 Å². The van der Waals surface area contributed by atoms with Crippen LogP contribution >= 0.6 is 0 Å². The van der Waals surface area contributed by atoms with Gasteiger partial charge in [-0.05, 0) is 13.1 Å². The van der Waals surface area contributed by atoms with Gasteiger partial charge in [-0.25, -0.2) is 0 Å². The van der Waals surface area contributed by atoms with Crippen molar-refractivity contribution in [2.45, 2.75) is 0 Å². The molecule has 0 saturated heterocycles. The van der Waals surface area contributed by atoms with E-state index < -0.39 is 0 Å². The Labute approximate surface area is 59.0 Å². The highest BCUT2D eigenvalue weighted by molar-refractivity contribution is 4.89. The molecule has 0 atom stereocenters. The van der Waals surface area contributed by atoms with Crippen LogP contribution in [0, 0.1) is 0 Å². The van der Waals surface area contributed by atoms with Gasteiger partial charge in [0, 0.05) is 12.3 Å². The molecule has 0 aliphatic heterocycles. The first-order valence-electron chi connectivity index (χ1n) is 2.82. The first kappa shape index (κ1) is 8.87. The topological polar surface area (TPSA) is 70.9 Å². The summed E-state index contributed by atoms with van der Waals surface area (Å²) < 4.78 is 0. The number of nitrogens with one attached hydrogen (secondary N) is 2. The summed E-state index contributed by atoms with van der Waals surface area (Å²) in [7, 11) is 1.65. The lowest BCUT2D eigenvalue weighted by Crippen LogP contribution is -2.13. The summed E-state index contributed by atoms with van der Waals surface area (Å²) in [6, 6.07) is 4.93. The minimum absolute atomic E-state index is 0.0532. The van der Waals surface area contributed by atoms with E-state index >= 15 is 0 Å². The smallest absolute Gasteiger partial charge is 0.247 e. The molecule has 0 bridgehead atoms. The number of aromatic nitrogens is 1. The zero-order chi connectivity index (χ0) is 7.82. The molecule has 4 N–H and O–H groups in total. The fourth-order valence-corrected chi connectivity index (χ4v) is 0.377. The van der Waals surface area contributed by atoms with Crippen LogP contribution in [-0.4, -0.2) is 12.0 Å². The third-order valence-electron chi connectivity index (χ3n) is 0.681. The number of aromatic amines is 1. The predicted molar refractivity (Wildman–Crippen MR) is 40.3 cm³/mol. The molecule has 4 nitrogen and oxygen atoms in total. The van der Waals surface area contributed by atoms with Crippen LogP contribution in [0.15, 0.2) is 29.2 Å². The lowest BCUT2D eigenvalue weighted by Gasteiger charge is -1.73. The Kier molecular flexibility index (Phi) is 5.32. The van der Waals surface area contributed by atoms with Gasteiger partial charge in [0.05, 0.1) is 0 Å². The van der Waals surface area contributed by atoms with Crippen molar-refractivity contribution >= 4 is 0 Å². The Hall–Kier alpha value is -1.13. The molecular weight excluding hydrogens is 130 g/mol. The highest BCUT2D eigenvalue weighted by atomic mass is 16.1. The van der Waals surface area contributed by atoms with Gasteiger partial charge in [-0.2, -0.15) is 0 Å². The summed E-state index contributed by atoms with van der Waals surface area (Å²) in [5.74, 6) is 4.60. The molecule has 0 amide bonds. The number of rotatable bonds is 0. The van der Waals surface area contributed by atoms with Gasteiger partial charge in [0.15, 0.2) is 0 Å². The molecule has 1 rings (SSSR count). The molecular formula is C6H11N3O. The van der Waals surface area contributed by atoms with Crippen molar-refractivity contribution in [2.24, 2.45) is 5.84 Å². The molecule has 1 aromatic rings. The summed E-state index contributed by atoms with van der Waals surface area (Å²) >= 11 is 0. The average Bonchev–Trinajstić information content (AvgIpc) is 1.91. The van der Waals surface area contributed by atoms with Crippen molar-refractivity contribution in [3.63, 3.8) is 0 Å². The van der Waals surface area contributed by atoms with Crippen molar-refractivity contribution in [3.8, 4) is 0 Å². The Morgan fingerprint density at radius 3 is 2.40 bits per heavy atom. The molecule has 1 aromatic heterocycles. The van der Waals surface area contributed by atoms with Crippen molar-refractivity contribution in [1.29, 1.82) is 0 Å². The molecule has 1 heterocycles. The number of hydrogen-bond acceptors (Lipinski definition) is 3. The SMILES string of the molecule is CNN.O=c1cccc[nH]1. The number of pyridine rings is 1. The molecule has 56 valence electrons. The number of nitrogens with two attached hydrogens (primary N) is 1. The predicted octanol–water partition coefficient (Wildman–Crippen LogP) is -0.546. The maximum absolute atomic E-state index is 10.2. The van der Waals surface area contributed by atoms with Gasteiger partial charge >= 0.3 is 0 Å². The second-order valence-electron chi connectivity index (χ2n) is 1.52. The second-order valence-corrected chi connectivity index (χ2v) is 1.52. The van der Waals surface area contributed by atoms with Crippen LogP contribution in [0.5, 0.6) is 0 Å². The fourth-order valence-electron chi connectivity index (χ4n) is 0.377. The van der Waals surface area contributed by atoms with E-state index in [1.54, 1.807) is 25.4 Å². The molecule has 0 aliphatic rings. The van der Waals surface area contributed by atoms with Crippen LogP contribution < -0.4 is 16.8 Å². The van der Waals surface area contributed by atoms with E-state index in [0.717, 1.165) is 0 Å². The monoisotopic (exact) mass is 141 g/mol. The van der Waals surface area contributed by atoms with E-state index in [1.165, 1.54) is 6.07 Å². The number of hydrazine groups is 1. The normalized spacial score (nSPS) is 7.80. The van der Waals surface area contributed by atoms with E-state index in [2.05, 4.69) is 16.3 Å². The van der Waals surface area contributed by atoms with Crippen LogP contribution in [0.25, 0.3) is 0 Å². The first-order chi connectivity index (χ1) is 4.81. The van der Waals surface area contributed by atoms with Crippen LogP contribution in [0.2, 0.25) is 0 Å². The molecule has 0 saturated carbocycles. The molecule has 0 fully saturated rings. The van der Waals surface area contributed by atoms with Crippen molar-refractivity contribution in [3.05, 3.63) is 34.7 Å². The third kappa shape index (κ3) is 5.02. The summed E-state index contributed by atoms with van der Waals surface area (Å²) in [5.41, 5.74) is 2.20. The molecule has 0 spiro atoms. The minimum atomic E-state index is -0.0532. The lowest BCUT2D eigenvalue weighted by atomic mass is 10.5. The fraction of sp³-hybridized carbons (Fsp3) is 0.167. The van der Waals surface area contributed by atoms with Crippen molar-refractivity contribution in [2.75, 3.05) is 7.05 Å².